The lowest BCUT2D eigenvalue weighted by Gasteiger charge is -2.16. The van der Waals surface area contributed by atoms with Gasteiger partial charge in [0.2, 0.25) is 0 Å². The van der Waals surface area contributed by atoms with Gasteiger partial charge >= 0.3 is 0 Å². The van der Waals surface area contributed by atoms with Crippen LogP contribution >= 0.6 is 0 Å². The van der Waals surface area contributed by atoms with Gasteiger partial charge in [0, 0.05) is 0 Å². The first-order valence-electron chi connectivity index (χ1n) is 7.78. The van der Waals surface area contributed by atoms with Crippen LogP contribution in [-0.2, 0) is 4.79 Å². The number of hydrogen-bond acceptors (Lipinski definition) is 4. The predicted octanol–water partition coefficient (Wildman–Crippen LogP) is 3.20. The van der Waals surface area contributed by atoms with Crippen LogP contribution < -0.4 is 16.3 Å². The normalized spacial score (nSPS) is 16.0. The maximum atomic E-state index is 13.3. The first-order valence-corrected chi connectivity index (χ1v) is 7.78. The Morgan fingerprint density at radius 2 is 1.68 bits per heavy atom. The fraction of sp³-hybridized carbons (Fsp3) is 0. The molecule has 0 radical (unpaired) electrons. The van der Waals surface area contributed by atoms with E-state index >= 15 is 0 Å². The van der Waals surface area contributed by atoms with E-state index in [1.54, 1.807) is 12.1 Å². The molecule has 124 valence electrons. The summed E-state index contributed by atoms with van der Waals surface area (Å²) < 4.78 is 13.3. The molecule has 3 aromatic rings. The highest BCUT2D eigenvalue weighted by Crippen LogP contribution is 2.19. The predicted molar refractivity (Wildman–Crippen MR) is 95.1 cm³/mol. The molecule has 1 amide bonds. The number of carbonyl (C=O) groups is 1. The van der Waals surface area contributed by atoms with Gasteiger partial charge in [0.05, 0.1) is 5.69 Å². The van der Waals surface area contributed by atoms with Crippen molar-refractivity contribution in [3.05, 3.63) is 83.8 Å². The number of anilines is 1. The molecular formula is C19H15FN4O. The number of amides is 1. The Morgan fingerprint density at radius 1 is 0.920 bits per heavy atom. The lowest BCUT2D eigenvalue weighted by Crippen LogP contribution is -2.43. The monoisotopic (exact) mass is 334 g/mol. The van der Waals surface area contributed by atoms with Gasteiger partial charge in [-0.05, 0) is 58.0 Å². The summed E-state index contributed by atoms with van der Waals surface area (Å²) in [6, 6.07) is 19.7. The summed E-state index contributed by atoms with van der Waals surface area (Å²) in [5, 5.41) is 3.13. The summed E-state index contributed by atoms with van der Waals surface area (Å²) >= 11 is 0. The molecule has 0 atom stereocenters. The van der Waals surface area contributed by atoms with Crippen LogP contribution in [0.25, 0.3) is 16.8 Å². The second kappa shape index (κ2) is 6.26. The van der Waals surface area contributed by atoms with Crippen molar-refractivity contribution < 1.29 is 9.18 Å². The van der Waals surface area contributed by atoms with E-state index < -0.39 is 0 Å². The molecule has 1 aliphatic heterocycles. The van der Waals surface area contributed by atoms with Gasteiger partial charge < -0.3 is 0 Å². The van der Waals surface area contributed by atoms with E-state index in [1.807, 2.05) is 48.5 Å². The minimum absolute atomic E-state index is 0.248. The van der Waals surface area contributed by atoms with Crippen LogP contribution in [0, 0.1) is 5.82 Å². The molecule has 25 heavy (non-hydrogen) atoms. The molecular weight excluding hydrogens is 319 g/mol. The smallest absolute Gasteiger partial charge is 0.283 e. The van der Waals surface area contributed by atoms with Crippen molar-refractivity contribution in [1.82, 2.24) is 16.1 Å². The first kappa shape index (κ1) is 15.2. The maximum absolute atomic E-state index is 13.3. The molecule has 0 aromatic heterocycles. The number of benzene rings is 3. The van der Waals surface area contributed by atoms with Crippen molar-refractivity contribution >= 4 is 28.4 Å². The third-order valence-electron chi connectivity index (χ3n) is 3.84. The van der Waals surface area contributed by atoms with E-state index in [4.69, 9.17) is 0 Å². The zero-order chi connectivity index (χ0) is 17.2. The highest BCUT2D eigenvalue weighted by molar-refractivity contribution is 5.99. The topological polar surface area (TPSA) is 56.4 Å². The number of hydrogen-bond donors (Lipinski definition) is 3. The summed E-state index contributed by atoms with van der Waals surface area (Å²) in [5.74, 6) is -0.513. The molecule has 1 saturated heterocycles. The average molecular weight is 334 g/mol. The number of carbonyl (C=O) groups excluding carboxylic acids is 1. The van der Waals surface area contributed by atoms with Crippen LogP contribution in [0.1, 0.15) is 5.56 Å². The molecule has 0 bridgehead atoms. The summed E-state index contributed by atoms with van der Waals surface area (Å²) in [5.41, 5.74) is 10.8. The fourth-order valence-corrected chi connectivity index (χ4v) is 2.65. The lowest BCUT2D eigenvalue weighted by molar-refractivity contribution is -0.118. The molecule has 1 heterocycles. The van der Waals surface area contributed by atoms with E-state index in [0.717, 1.165) is 22.0 Å². The van der Waals surface area contributed by atoms with Gasteiger partial charge in [0.1, 0.15) is 11.5 Å². The third-order valence-corrected chi connectivity index (χ3v) is 3.84. The van der Waals surface area contributed by atoms with Crippen LogP contribution in [-0.4, -0.2) is 11.1 Å². The molecule has 5 nitrogen and oxygen atoms in total. The number of para-hydroxylation sites is 1. The average Bonchev–Trinajstić information content (AvgIpc) is 2.95. The van der Waals surface area contributed by atoms with Gasteiger partial charge in [-0.25, -0.2) is 9.82 Å². The Bertz CT molecular complexity index is 972. The quantitative estimate of drug-likeness (QED) is 0.644. The van der Waals surface area contributed by atoms with Crippen molar-refractivity contribution in [2.75, 3.05) is 5.43 Å². The minimum Gasteiger partial charge on any atom is -0.283 e. The van der Waals surface area contributed by atoms with Gasteiger partial charge in [0.25, 0.3) is 5.91 Å². The molecule has 3 N–H and O–H groups in total. The molecule has 0 saturated carbocycles. The van der Waals surface area contributed by atoms with Crippen molar-refractivity contribution in [1.29, 1.82) is 0 Å². The van der Waals surface area contributed by atoms with Crippen LogP contribution in [0.15, 0.2) is 72.4 Å². The van der Waals surface area contributed by atoms with Gasteiger partial charge in [-0.3, -0.25) is 15.6 Å². The molecule has 3 aromatic carbocycles. The lowest BCUT2D eigenvalue weighted by atomic mass is 10.1. The number of nitrogens with zero attached hydrogens (tertiary/aromatic N) is 1. The third kappa shape index (κ3) is 3.29. The summed E-state index contributed by atoms with van der Waals surface area (Å²) in [6.45, 7) is 0. The zero-order valence-corrected chi connectivity index (χ0v) is 13.2. The largest absolute Gasteiger partial charge is 0.286 e. The van der Waals surface area contributed by atoms with Crippen molar-refractivity contribution in [2.24, 2.45) is 0 Å². The highest BCUT2D eigenvalue weighted by Gasteiger charge is 2.23. The van der Waals surface area contributed by atoms with Gasteiger partial charge in [-0.15, -0.1) is 0 Å². The molecule has 0 spiro atoms. The number of rotatable bonds is 3. The Balaban J connectivity index is 1.55. The maximum Gasteiger partial charge on any atom is 0.286 e. The second-order valence-corrected chi connectivity index (χ2v) is 5.67. The van der Waals surface area contributed by atoms with Crippen molar-refractivity contribution in [2.45, 2.75) is 0 Å². The zero-order valence-electron chi connectivity index (χ0n) is 13.2. The number of hydrazine groups is 3. The van der Waals surface area contributed by atoms with E-state index in [1.165, 1.54) is 17.4 Å². The SMILES string of the molecule is O=C1NN(Nc2ccccc2)NC1=Cc1ccc2cc(F)ccc2c1. The number of nitrogens with one attached hydrogen (secondary N) is 3. The Labute approximate surface area is 143 Å². The summed E-state index contributed by atoms with van der Waals surface area (Å²) in [7, 11) is 0. The standard InChI is InChI=1S/C19H15FN4O/c20-16-9-8-14-10-13(6-7-15(14)12-16)11-18-19(25)23-24(22-18)21-17-4-2-1-3-5-17/h1-12,21-22H,(H,23,25). The van der Waals surface area contributed by atoms with Gasteiger partial charge in [-0.1, -0.05) is 36.4 Å². The van der Waals surface area contributed by atoms with E-state index in [-0.39, 0.29) is 11.7 Å². The Hall–Kier alpha value is -3.38. The molecule has 1 aliphatic rings. The van der Waals surface area contributed by atoms with Gasteiger partial charge in [-0.2, -0.15) is 0 Å². The molecule has 4 rings (SSSR count). The van der Waals surface area contributed by atoms with Crippen LogP contribution in [0.3, 0.4) is 0 Å². The number of halogens is 1. The minimum atomic E-state index is -0.266. The summed E-state index contributed by atoms with van der Waals surface area (Å²) in [6.07, 6.45) is 1.74. The molecule has 0 unspecified atom stereocenters. The van der Waals surface area contributed by atoms with Crippen molar-refractivity contribution in [3.8, 4) is 0 Å². The van der Waals surface area contributed by atoms with E-state index in [9.17, 15) is 9.18 Å². The molecule has 1 fully saturated rings. The summed E-state index contributed by atoms with van der Waals surface area (Å²) in [4.78, 5) is 12.1. The van der Waals surface area contributed by atoms with Crippen LogP contribution in [0.5, 0.6) is 0 Å². The van der Waals surface area contributed by atoms with Crippen molar-refractivity contribution in [3.63, 3.8) is 0 Å². The molecule has 6 heteroatoms. The van der Waals surface area contributed by atoms with E-state index in [2.05, 4.69) is 16.3 Å². The van der Waals surface area contributed by atoms with Crippen LogP contribution in [0.4, 0.5) is 10.1 Å². The Kier molecular flexibility index (Phi) is 3.80. The Morgan fingerprint density at radius 3 is 2.52 bits per heavy atom. The number of fused-ring (bicyclic) bond motifs is 1. The van der Waals surface area contributed by atoms with Gasteiger partial charge in [0.15, 0.2) is 0 Å². The van der Waals surface area contributed by atoms with Crippen LogP contribution in [0.2, 0.25) is 0 Å². The fourth-order valence-electron chi connectivity index (χ4n) is 2.65. The van der Waals surface area contributed by atoms with E-state index in [0.29, 0.717) is 5.70 Å². The second-order valence-electron chi connectivity index (χ2n) is 5.67. The first-order chi connectivity index (χ1) is 12.2. The molecule has 0 aliphatic carbocycles. The highest BCUT2D eigenvalue weighted by atomic mass is 19.1.